The highest BCUT2D eigenvalue weighted by Gasteiger charge is 2.39. The van der Waals surface area contributed by atoms with Gasteiger partial charge in [-0.1, -0.05) is 11.6 Å². The van der Waals surface area contributed by atoms with E-state index >= 15 is 0 Å². The van der Waals surface area contributed by atoms with Crippen LogP contribution >= 0.6 is 0 Å². The Hall–Kier alpha value is -1.25. The average molecular weight is 195 g/mol. The lowest BCUT2D eigenvalue weighted by Crippen LogP contribution is -2.40. The Bertz CT molecular complexity index is 304. The van der Waals surface area contributed by atoms with Crippen LogP contribution in [0.1, 0.15) is 20.3 Å². The predicted octanol–water partition coefficient (Wildman–Crippen LogP) is 1.62. The number of amides is 1. The first-order valence-electron chi connectivity index (χ1n) is 4.68. The lowest BCUT2D eigenvalue weighted by Gasteiger charge is -2.31. The van der Waals surface area contributed by atoms with Crippen LogP contribution in [0.2, 0.25) is 0 Å². The van der Waals surface area contributed by atoms with Crippen molar-refractivity contribution in [2.45, 2.75) is 20.3 Å². The summed E-state index contributed by atoms with van der Waals surface area (Å²) in [5.74, 6) is 0.723. The van der Waals surface area contributed by atoms with E-state index < -0.39 is 5.41 Å². The molecule has 3 nitrogen and oxygen atoms in total. The van der Waals surface area contributed by atoms with Crippen molar-refractivity contribution in [3.05, 3.63) is 23.5 Å². The summed E-state index contributed by atoms with van der Waals surface area (Å²) >= 11 is 0. The molecular formula is C11H17NO2. The number of ether oxygens (including phenoxy) is 1. The number of rotatable bonds is 2. The van der Waals surface area contributed by atoms with Crippen LogP contribution in [0, 0.1) is 5.41 Å². The van der Waals surface area contributed by atoms with Gasteiger partial charge in [0.25, 0.3) is 0 Å². The molecule has 0 fully saturated rings. The van der Waals surface area contributed by atoms with E-state index in [4.69, 9.17) is 4.74 Å². The highest BCUT2D eigenvalue weighted by atomic mass is 16.5. The summed E-state index contributed by atoms with van der Waals surface area (Å²) in [6.07, 6.45) is 4.57. The molecule has 0 spiro atoms. The van der Waals surface area contributed by atoms with Crippen molar-refractivity contribution in [1.29, 1.82) is 0 Å². The van der Waals surface area contributed by atoms with E-state index in [9.17, 15) is 4.79 Å². The van der Waals surface area contributed by atoms with Crippen LogP contribution in [-0.4, -0.2) is 20.1 Å². The van der Waals surface area contributed by atoms with Crippen LogP contribution in [0.3, 0.4) is 0 Å². The lowest BCUT2D eigenvalue weighted by molar-refractivity contribution is -0.129. The molecule has 0 saturated heterocycles. The number of hydrogen-bond acceptors (Lipinski definition) is 2. The molecule has 1 amide bonds. The number of nitrogens with one attached hydrogen (secondary N) is 1. The first-order valence-corrected chi connectivity index (χ1v) is 4.68. The van der Waals surface area contributed by atoms with Gasteiger partial charge >= 0.3 is 0 Å². The summed E-state index contributed by atoms with van der Waals surface area (Å²) < 4.78 is 5.23. The number of methoxy groups -OCH3 is 1. The molecule has 0 aromatic rings. The summed E-state index contributed by atoms with van der Waals surface area (Å²) in [5.41, 5.74) is 0.638. The van der Waals surface area contributed by atoms with Crippen LogP contribution in [0.15, 0.2) is 23.5 Å². The smallest absolute Gasteiger partial charge is 0.233 e. The average Bonchev–Trinajstić information content (AvgIpc) is 2.16. The molecule has 1 aliphatic rings. The molecule has 0 aromatic carbocycles. The molecular weight excluding hydrogens is 178 g/mol. The van der Waals surface area contributed by atoms with Gasteiger partial charge in [-0.3, -0.25) is 4.79 Å². The normalized spacial score (nSPS) is 26.3. The number of hydrogen-bond donors (Lipinski definition) is 1. The molecule has 1 atom stereocenters. The molecule has 0 radical (unpaired) electrons. The second-order valence-corrected chi connectivity index (χ2v) is 3.84. The molecule has 1 unspecified atom stereocenters. The minimum atomic E-state index is -0.553. The Balaban J connectivity index is 3.04. The summed E-state index contributed by atoms with van der Waals surface area (Å²) in [5, 5.41) is 2.67. The zero-order valence-electron chi connectivity index (χ0n) is 9.18. The molecule has 0 heterocycles. The van der Waals surface area contributed by atoms with Crippen LogP contribution < -0.4 is 5.32 Å². The molecule has 14 heavy (non-hydrogen) atoms. The van der Waals surface area contributed by atoms with Gasteiger partial charge < -0.3 is 10.1 Å². The minimum absolute atomic E-state index is 0.00181. The fourth-order valence-corrected chi connectivity index (χ4v) is 1.87. The molecule has 1 N–H and O–H groups in total. The maximum absolute atomic E-state index is 11.7. The van der Waals surface area contributed by atoms with Crippen molar-refractivity contribution >= 4 is 5.91 Å². The predicted molar refractivity (Wildman–Crippen MR) is 55.6 cm³/mol. The van der Waals surface area contributed by atoms with E-state index in [0.717, 1.165) is 5.76 Å². The Morgan fingerprint density at radius 1 is 1.57 bits per heavy atom. The lowest BCUT2D eigenvalue weighted by atomic mass is 9.78. The van der Waals surface area contributed by atoms with E-state index in [0.29, 0.717) is 6.42 Å². The Kier molecular flexibility index (Phi) is 2.99. The molecule has 1 aliphatic carbocycles. The van der Waals surface area contributed by atoms with Crippen LogP contribution in [0.5, 0.6) is 0 Å². The van der Waals surface area contributed by atoms with Gasteiger partial charge in [0, 0.05) is 7.05 Å². The van der Waals surface area contributed by atoms with Crippen molar-refractivity contribution in [2.24, 2.45) is 5.41 Å². The third-order valence-corrected chi connectivity index (χ3v) is 2.64. The van der Waals surface area contributed by atoms with Gasteiger partial charge in [-0.25, -0.2) is 0 Å². The van der Waals surface area contributed by atoms with Gasteiger partial charge in [0.1, 0.15) is 11.2 Å². The standard InChI is InChI=1S/C11H17NO2/c1-8-5-6-9(14-4)11(2,7-8)10(13)12-3/h5-6H,7H2,1-4H3,(H,12,13). The summed E-state index contributed by atoms with van der Waals surface area (Å²) in [4.78, 5) is 11.7. The second kappa shape index (κ2) is 3.86. The fraction of sp³-hybridized carbons (Fsp3) is 0.545. The summed E-state index contributed by atoms with van der Waals surface area (Å²) in [7, 11) is 3.25. The largest absolute Gasteiger partial charge is 0.500 e. The third kappa shape index (κ3) is 1.67. The minimum Gasteiger partial charge on any atom is -0.500 e. The monoisotopic (exact) mass is 195 g/mol. The van der Waals surface area contributed by atoms with Gasteiger partial charge in [-0.2, -0.15) is 0 Å². The topological polar surface area (TPSA) is 38.3 Å². The Morgan fingerprint density at radius 3 is 2.71 bits per heavy atom. The quantitative estimate of drug-likeness (QED) is 0.727. The van der Waals surface area contributed by atoms with Gasteiger partial charge in [0.05, 0.1) is 7.11 Å². The number of carbonyl (C=O) groups is 1. The highest BCUT2D eigenvalue weighted by molar-refractivity contribution is 5.85. The van der Waals surface area contributed by atoms with E-state index in [1.54, 1.807) is 14.2 Å². The molecule has 3 heteroatoms. The molecule has 78 valence electrons. The van der Waals surface area contributed by atoms with E-state index in [1.165, 1.54) is 5.57 Å². The molecule has 0 saturated carbocycles. The molecule has 0 bridgehead atoms. The van der Waals surface area contributed by atoms with E-state index in [2.05, 4.69) is 5.32 Å². The van der Waals surface area contributed by atoms with E-state index in [-0.39, 0.29) is 5.91 Å². The zero-order chi connectivity index (χ0) is 10.8. The van der Waals surface area contributed by atoms with Crippen LogP contribution in [0.25, 0.3) is 0 Å². The number of carbonyl (C=O) groups excluding carboxylic acids is 1. The highest BCUT2D eigenvalue weighted by Crippen LogP contribution is 2.37. The van der Waals surface area contributed by atoms with Gasteiger partial charge in [-0.15, -0.1) is 0 Å². The first-order chi connectivity index (χ1) is 6.54. The Labute approximate surface area is 84.8 Å². The molecule has 0 aliphatic heterocycles. The summed E-state index contributed by atoms with van der Waals surface area (Å²) in [6, 6.07) is 0. The fourth-order valence-electron chi connectivity index (χ4n) is 1.87. The maximum Gasteiger partial charge on any atom is 0.233 e. The van der Waals surface area contributed by atoms with Gasteiger partial charge in [0.2, 0.25) is 5.91 Å². The first kappa shape index (κ1) is 10.8. The van der Waals surface area contributed by atoms with E-state index in [1.807, 2.05) is 26.0 Å². The van der Waals surface area contributed by atoms with Crippen LogP contribution in [0.4, 0.5) is 0 Å². The van der Waals surface area contributed by atoms with Gasteiger partial charge in [-0.05, 0) is 26.3 Å². The summed E-state index contributed by atoms with van der Waals surface area (Å²) in [6.45, 7) is 3.92. The van der Waals surface area contributed by atoms with Crippen molar-refractivity contribution in [3.63, 3.8) is 0 Å². The van der Waals surface area contributed by atoms with Crippen molar-refractivity contribution in [1.82, 2.24) is 5.32 Å². The zero-order valence-corrected chi connectivity index (χ0v) is 9.18. The molecule has 0 aromatic heterocycles. The van der Waals surface area contributed by atoms with Gasteiger partial charge in [0.15, 0.2) is 0 Å². The van der Waals surface area contributed by atoms with Crippen molar-refractivity contribution in [3.8, 4) is 0 Å². The van der Waals surface area contributed by atoms with Crippen LogP contribution in [-0.2, 0) is 9.53 Å². The maximum atomic E-state index is 11.7. The third-order valence-electron chi connectivity index (χ3n) is 2.64. The second-order valence-electron chi connectivity index (χ2n) is 3.84. The number of allylic oxidation sites excluding steroid dienone is 3. The Morgan fingerprint density at radius 2 is 2.21 bits per heavy atom. The SMILES string of the molecule is CNC(=O)C1(C)CC(C)=CC=C1OC. The van der Waals surface area contributed by atoms with Crippen molar-refractivity contribution in [2.75, 3.05) is 14.2 Å². The molecule has 1 rings (SSSR count). The van der Waals surface area contributed by atoms with Crippen molar-refractivity contribution < 1.29 is 9.53 Å².